The molecule has 1 aliphatic heterocycles. The monoisotopic (exact) mass is 425 g/mol. The molecule has 1 heterocycles. The summed E-state index contributed by atoms with van der Waals surface area (Å²) in [6, 6.07) is 0.549. The first-order valence-electron chi connectivity index (χ1n) is 8.47. The van der Waals surface area contributed by atoms with Gasteiger partial charge in [0.25, 0.3) is 0 Å². The molecule has 0 bridgehead atoms. The summed E-state index contributed by atoms with van der Waals surface area (Å²) in [6.07, 6.45) is 1.18. The molecule has 1 unspecified atom stereocenters. The van der Waals surface area contributed by atoms with E-state index in [-0.39, 0.29) is 24.0 Å². The summed E-state index contributed by atoms with van der Waals surface area (Å²) in [5, 5.41) is 6.84. The Morgan fingerprint density at radius 3 is 2.23 bits per heavy atom. The van der Waals surface area contributed by atoms with Crippen LogP contribution in [0, 0.1) is 5.92 Å². The lowest BCUT2D eigenvalue weighted by atomic mass is 10.1. The molecule has 1 atom stereocenters. The van der Waals surface area contributed by atoms with E-state index in [1.165, 1.54) is 39.1 Å². The molecule has 0 amide bonds. The molecule has 0 spiro atoms. The molecular formula is C16H36IN5. The van der Waals surface area contributed by atoms with E-state index in [1.807, 2.05) is 7.05 Å². The fraction of sp³-hybridized carbons (Fsp3) is 0.938. The zero-order chi connectivity index (χ0) is 15.7. The summed E-state index contributed by atoms with van der Waals surface area (Å²) in [5.41, 5.74) is 0. The van der Waals surface area contributed by atoms with E-state index < -0.39 is 0 Å². The van der Waals surface area contributed by atoms with Crippen LogP contribution < -0.4 is 10.6 Å². The van der Waals surface area contributed by atoms with Gasteiger partial charge >= 0.3 is 0 Å². The predicted octanol–water partition coefficient (Wildman–Crippen LogP) is 1.84. The van der Waals surface area contributed by atoms with Crippen molar-refractivity contribution in [3.8, 4) is 0 Å². The second-order valence-corrected chi connectivity index (χ2v) is 6.38. The van der Waals surface area contributed by atoms with Gasteiger partial charge in [0, 0.05) is 52.4 Å². The lowest BCUT2D eigenvalue weighted by Gasteiger charge is -2.37. The molecule has 0 radical (unpaired) electrons. The summed E-state index contributed by atoms with van der Waals surface area (Å²) in [5.74, 6) is 1.65. The largest absolute Gasteiger partial charge is 0.356 e. The van der Waals surface area contributed by atoms with Crippen LogP contribution >= 0.6 is 24.0 Å². The highest BCUT2D eigenvalue weighted by Gasteiger charge is 2.20. The molecule has 0 saturated carbocycles. The molecule has 1 aliphatic rings. The smallest absolute Gasteiger partial charge is 0.191 e. The Morgan fingerprint density at radius 1 is 1.09 bits per heavy atom. The molecular weight excluding hydrogens is 389 g/mol. The topological polar surface area (TPSA) is 42.9 Å². The molecule has 1 saturated heterocycles. The van der Waals surface area contributed by atoms with Gasteiger partial charge in [-0.15, -0.1) is 24.0 Å². The van der Waals surface area contributed by atoms with Crippen LogP contribution in [0.5, 0.6) is 0 Å². The fourth-order valence-corrected chi connectivity index (χ4v) is 2.59. The Kier molecular flexibility index (Phi) is 12.3. The van der Waals surface area contributed by atoms with Crippen molar-refractivity contribution in [2.24, 2.45) is 10.9 Å². The maximum atomic E-state index is 4.29. The maximum Gasteiger partial charge on any atom is 0.191 e. The molecule has 0 aromatic carbocycles. The van der Waals surface area contributed by atoms with Crippen LogP contribution in [-0.4, -0.2) is 74.7 Å². The highest BCUT2D eigenvalue weighted by atomic mass is 127. The molecule has 22 heavy (non-hydrogen) atoms. The number of hydrogen-bond acceptors (Lipinski definition) is 3. The van der Waals surface area contributed by atoms with Gasteiger partial charge in [-0.3, -0.25) is 9.89 Å². The molecule has 132 valence electrons. The zero-order valence-corrected chi connectivity index (χ0v) is 17.4. The van der Waals surface area contributed by atoms with Crippen molar-refractivity contribution in [1.29, 1.82) is 0 Å². The molecule has 6 heteroatoms. The summed E-state index contributed by atoms with van der Waals surface area (Å²) >= 11 is 0. The predicted molar refractivity (Wildman–Crippen MR) is 107 cm³/mol. The van der Waals surface area contributed by atoms with Crippen molar-refractivity contribution in [2.45, 2.75) is 40.2 Å². The van der Waals surface area contributed by atoms with E-state index in [1.54, 1.807) is 0 Å². The minimum absolute atomic E-state index is 0. The number of hydrogen-bond donors (Lipinski definition) is 2. The van der Waals surface area contributed by atoms with Crippen LogP contribution in [0.25, 0.3) is 0 Å². The fourth-order valence-electron chi connectivity index (χ4n) is 2.59. The van der Waals surface area contributed by atoms with Gasteiger partial charge in [-0.1, -0.05) is 20.8 Å². The molecule has 0 aromatic heterocycles. The second-order valence-electron chi connectivity index (χ2n) is 6.38. The molecule has 0 aromatic rings. The summed E-state index contributed by atoms with van der Waals surface area (Å²) in [6.45, 7) is 16.9. The van der Waals surface area contributed by atoms with Gasteiger partial charge in [0.05, 0.1) is 0 Å². The highest BCUT2D eigenvalue weighted by Crippen LogP contribution is 2.05. The highest BCUT2D eigenvalue weighted by molar-refractivity contribution is 14.0. The van der Waals surface area contributed by atoms with Crippen molar-refractivity contribution < 1.29 is 0 Å². The van der Waals surface area contributed by atoms with Crippen molar-refractivity contribution >= 4 is 29.9 Å². The molecule has 1 fully saturated rings. The first kappa shape index (κ1) is 21.9. The van der Waals surface area contributed by atoms with Crippen LogP contribution in [0.1, 0.15) is 34.1 Å². The standard InChI is InChI=1S/C16H35N5.HI/c1-6-20-9-11-21(12-10-20)15(4)13-19-16(17-5)18-8-7-14(2)3;/h14-15H,6-13H2,1-5H3,(H2,17,18,19);1H. The van der Waals surface area contributed by atoms with Gasteiger partial charge in [-0.25, -0.2) is 0 Å². The third-order valence-electron chi connectivity index (χ3n) is 4.28. The minimum atomic E-state index is 0. The van der Waals surface area contributed by atoms with Crippen LogP contribution in [0.2, 0.25) is 0 Å². The van der Waals surface area contributed by atoms with E-state index in [0.29, 0.717) is 6.04 Å². The Labute approximate surface area is 154 Å². The van der Waals surface area contributed by atoms with Gasteiger partial charge in [0.2, 0.25) is 0 Å². The summed E-state index contributed by atoms with van der Waals surface area (Å²) in [7, 11) is 1.84. The van der Waals surface area contributed by atoms with Crippen molar-refractivity contribution in [2.75, 3.05) is 52.9 Å². The van der Waals surface area contributed by atoms with E-state index in [9.17, 15) is 0 Å². The van der Waals surface area contributed by atoms with Gasteiger partial charge in [-0.2, -0.15) is 0 Å². The number of piperazine rings is 1. The Hall–Kier alpha value is -0.0800. The normalized spacial score (nSPS) is 18.9. The number of aliphatic imine (C=N–C) groups is 1. The molecule has 5 nitrogen and oxygen atoms in total. The Bertz CT molecular complexity index is 301. The lowest BCUT2D eigenvalue weighted by molar-refractivity contribution is 0.107. The van der Waals surface area contributed by atoms with Crippen LogP contribution in [0.4, 0.5) is 0 Å². The number of nitrogens with zero attached hydrogens (tertiary/aromatic N) is 3. The third kappa shape index (κ3) is 8.53. The number of guanidine groups is 1. The minimum Gasteiger partial charge on any atom is -0.356 e. The Morgan fingerprint density at radius 2 is 1.73 bits per heavy atom. The van der Waals surface area contributed by atoms with Gasteiger partial charge in [0.1, 0.15) is 0 Å². The van der Waals surface area contributed by atoms with E-state index in [4.69, 9.17) is 0 Å². The molecule has 0 aliphatic carbocycles. The van der Waals surface area contributed by atoms with Crippen molar-refractivity contribution in [3.05, 3.63) is 0 Å². The van der Waals surface area contributed by atoms with Crippen molar-refractivity contribution in [3.63, 3.8) is 0 Å². The van der Waals surface area contributed by atoms with Gasteiger partial charge in [-0.05, 0) is 25.8 Å². The number of rotatable bonds is 7. The summed E-state index contributed by atoms with van der Waals surface area (Å²) in [4.78, 5) is 9.38. The average molecular weight is 425 g/mol. The SMILES string of the molecule is CCN1CCN(C(C)CNC(=NC)NCCC(C)C)CC1.I. The third-order valence-corrected chi connectivity index (χ3v) is 4.28. The van der Waals surface area contributed by atoms with Crippen LogP contribution in [-0.2, 0) is 0 Å². The number of nitrogens with one attached hydrogen (secondary N) is 2. The van der Waals surface area contributed by atoms with E-state index >= 15 is 0 Å². The van der Waals surface area contributed by atoms with E-state index in [2.05, 4.69) is 53.1 Å². The molecule has 1 rings (SSSR count). The number of halogens is 1. The molecule has 2 N–H and O–H groups in total. The average Bonchev–Trinajstić information content (AvgIpc) is 2.50. The van der Waals surface area contributed by atoms with E-state index in [0.717, 1.165) is 25.0 Å². The van der Waals surface area contributed by atoms with Gasteiger partial charge in [0.15, 0.2) is 5.96 Å². The zero-order valence-electron chi connectivity index (χ0n) is 15.1. The quantitative estimate of drug-likeness (QED) is 0.371. The lowest BCUT2D eigenvalue weighted by Crippen LogP contribution is -2.53. The Balaban J connectivity index is 0.00000441. The first-order valence-corrected chi connectivity index (χ1v) is 8.47. The first-order chi connectivity index (χ1) is 10.1. The number of likely N-dealkylation sites (N-methyl/N-ethyl adjacent to an activating group) is 1. The maximum absolute atomic E-state index is 4.29. The second kappa shape index (κ2) is 12.4. The van der Waals surface area contributed by atoms with Gasteiger partial charge < -0.3 is 15.5 Å². The van der Waals surface area contributed by atoms with Crippen LogP contribution in [0.15, 0.2) is 4.99 Å². The van der Waals surface area contributed by atoms with Crippen molar-refractivity contribution in [1.82, 2.24) is 20.4 Å². The summed E-state index contributed by atoms with van der Waals surface area (Å²) < 4.78 is 0. The van der Waals surface area contributed by atoms with Crippen LogP contribution in [0.3, 0.4) is 0 Å².